The minimum Gasteiger partial charge on any atom is -0.493 e. The van der Waals surface area contributed by atoms with E-state index in [0.29, 0.717) is 17.2 Å². The maximum Gasteiger partial charge on any atom is 0.339 e. The molecular formula is C16H16O4. The number of rotatable bonds is 4. The molecule has 104 valence electrons. The maximum atomic E-state index is 11.3. The van der Waals surface area contributed by atoms with Gasteiger partial charge in [-0.1, -0.05) is 18.2 Å². The first-order chi connectivity index (χ1) is 9.52. The van der Waals surface area contributed by atoms with Gasteiger partial charge in [0.25, 0.3) is 0 Å². The Morgan fingerprint density at radius 2 is 1.85 bits per heavy atom. The second-order valence-electron chi connectivity index (χ2n) is 4.51. The van der Waals surface area contributed by atoms with E-state index in [2.05, 4.69) is 0 Å². The molecule has 2 aromatic rings. The second kappa shape index (κ2) is 5.65. The van der Waals surface area contributed by atoms with Crippen LogP contribution < -0.4 is 9.47 Å². The number of hydrogen-bond donors (Lipinski definition) is 1. The van der Waals surface area contributed by atoms with Crippen LogP contribution in [0.1, 0.15) is 21.5 Å². The van der Waals surface area contributed by atoms with Gasteiger partial charge in [-0.3, -0.25) is 0 Å². The first-order valence-electron chi connectivity index (χ1n) is 6.18. The molecule has 2 rings (SSSR count). The highest BCUT2D eigenvalue weighted by Gasteiger charge is 2.16. The fourth-order valence-corrected chi connectivity index (χ4v) is 1.93. The van der Waals surface area contributed by atoms with Crippen molar-refractivity contribution in [3.05, 3.63) is 53.1 Å². The smallest absolute Gasteiger partial charge is 0.339 e. The van der Waals surface area contributed by atoms with Gasteiger partial charge in [0, 0.05) is 0 Å². The van der Waals surface area contributed by atoms with E-state index in [0.717, 1.165) is 11.1 Å². The molecule has 0 aliphatic rings. The maximum absolute atomic E-state index is 11.3. The lowest BCUT2D eigenvalue weighted by Crippen LogP contribution is -2.02. The summed E-state index contributed by atoms with van der Waals surface area (Å²) in [5.41, 5.74) is 1.93. The van der Waals surface area contributed by atoms with Crippen molar-refractivity contribution in [3.63, 3.8) is 0 Å². The zero-order chi connectivity index (χ0) is 14.7. The van der Waals surface area contributed by atoms with Crippen LogP contribution in [-0.2, 0) is 0 Å². The van der Waals surface area contributed by atoms with Crippen LogP contribution in [-0.4, -0.2) is 18.2 Å². The SMILES string of the molecule is COc1cc(C)ccc1Oc1c(C)cccc1C(=O)O. The number of methoxy groups -OCH3 is 1. The third-order valence-corrected chi connectivity index (χ3v) is 2.97. The van der Waals surface area contributed by atoms with Crippen molar-refractivity contribution in [2.24, 2.45) is 0 Å². The number of carboxylic acid groups (broad SMARTS) is 1. The molecule has 0 spiro atoms. The summed E-state index contributed by atoms with van der Waals surface area (Å²) >= 11 is 0. The lowest BCUT2D eigenvalue weighted by Gasteiger charge is -2.14. The fraction of sp³-hybridized carbons (Fsp3) is 0.188. The van der Waals surface area contributed by atoms with Crippen molar-refractivity contribution >= 4 is 5.97 Å². The Morgan fingerprint density at radius 3 is 2.50 bits per heavy atom. The van der Waals surface area contributed by atoms with Gasteiger partial charge in [0.05, 0.1) is 7.11 Å². The van der Waals surface area contributed by atoms with E-state index in [4.69, 9.17) is 9.47 Å². The molecule has 0 saturated heterocycles. The van der Waals surface area contributed by atoms with Crippen molar-refractivity contribution in [1.82, 2.24) is 0 Å². The minimum absolute atomic E-state index is 0.132. The van der Waals surface area contributed by atoms with E-state index >= 15 is 0 Å². The third kappa shape index (κ3) is 2.74. The molecule has 0 fully saturated rings. The molecule has 0 aliphatic carbocycles. The number of para-hydroxylation sites is 1. The van der Waals surface area contributed by atoms with E-state index in [9.17, 15) is 9.90 Å². The van der Waals surface area contributed by atoms with Crippen molar-refractivity contribution in [3.8, 4) is 17.2 Å². The summed E-state index contributed by atoms with van der Waals surface area (Å²) in [4.78, 5) is 11.3. The summed E-state index contributed by atoms with van der Waals surface area (Å²) < 4.78 is 11.0. The summed E-state index contributed by atoms with van der Waals surface area (Å²) in [6.07, 6.45) is 0. The highest BCUT2D eigenvalue weighted by molar-refractivity contribution is 5.91. The summed E-state index contributed by atoms with van der Waals surface area (Å²) in [5.74, 6) is 0.386. The zero-order valence-corrected chi connectivity index (χ0v) is 11.6. The van der Waals surface area contributed by atoms with Crippen molar-refractivity contribution < 1.29 is 19.4 Å². The molecular weight excluding hydrogens is 256 g/mol. The van der Waals surface area contributed by atoms with Gasteiger partial charge < -0.3 is 14.6 Å². The molecule has 0 radical (unpaired) electrons. The van der Waals surface area contributed by atoms with Gasteiger partial charge in [0.1, 0.15) is 11.3 Å². The van der Waals surface area contributed by atoms with Crippen LogP contribution in [0.25, 0.3) is 0 Å². The Balaban J connectivity index is 2.47. The Hall–Kier alpha value is -2.49. The molecule has 0 bridgehead atoms. The molecule has 20 heavy (non-hydrogen) atoms. The van der Waals surface area contributed by atoms with Gasteiger partial charge in [-0.25, -0.2) is 4.79 Å². The van der Waals surface area contributed by atoms with E-state index in [1.54, 1.807) is 19.2 Å². The van der Waals surface area contributed by atoms with E-state index in [-0.39, 0.29) is 5.56 Å². The predicted molar refractivity (Wildman–Crippen MR) is 75.9 cm³/mol. The molecule has 0 unspecified atom stereocenters. The number of carbonyl (C=O) groups is 1. The van der Waals surface area contributed by atoms with Crippen molar-refractivity contribution in [1.29, 1.82) is 0 Å². The van der Waals surface area contributed by atoms with Crippen LogP contribution in [0.4, 0.5) is 0 Å². The third-order valence-electron chi connectivity index (χ3n) is 2.97. The lowest BCUT2D eigenvalue weighted by molar-refractivity contribution is 0.0694. The Bertz CT molecular complexity index is 647. The number of ether oxygens (including phenoxy) is 2. The van der Waals surface area contributed by atoms with E-state index < -0.39 is 5.97 Å². The van der Waals surface area contributed by atoms with Gasteiger partial charge in [-0.15, -0.1) is 0 Å². The fourth-order valence-electron chi connectivity index (χ4n) is 1.93. The predicted octanol–water partition coefficient (Wildman–Crippen LogP) is 3.80. The molecule has 0 aliphatic heterocycles. The molecule has 4 heteroatoms. The van der Waals surface area contributed by atoms with Gasteiger partial charge in [0.15, 0.2) is 11.5 Å². The minimum atomic E-state index is -1.02. The van der Waals surface area contributed by atoms with Gasteiger partial charge in [0.2, 0.25) is 0 Å². The highest BCUT2D eigenvalue weighted by atomic mass is 16.5. The first kappa shape index (κ1) is 13.9. The molecule has 4 nitrogen and oxygen atoms in total. The summed E-state index contributed by atoms with van der Waals surface area (Å²) in [6.45, 7) is 3.76. The Morgan fingerprint density at radius 1 is 1.10 bits per heavy atom. The second-order valence-corrected chi connectivity index (χ2v) is 4.51. The number of carboxylic acids is 1. The normalized spacial score (nSPS) is 10.2. The van der Waals surface area contributed by atoms with Crippen molar-refractivity contribution in [2.75, 3.05) is 7.11 Å². The Kier molecular flexibility index (Phi) is 3.94. The summed E-state index contributed by atoms with van der Waals surface area (Å²) in [6, 6.07) is 10.5. The van der Waals surface area contributed by atoms with Gasteiger partial charge in [-0.2, -0.15) is 0 Å². The van der Waals surface area contributed by atoms with Crippen LogP contribution in [0.15, 0.2) is 36.4 Å². The first-order valence-corrected chi connectivity index (χ1v) is 6.18. The largest absolute Gasteiger partial charge is 0.493 e. The molecule has 0 aromatic heterocycles. The summed E-state index contributed by atoms with van der Waals surface area (Å²) in [5, 5.41) is 9.23. The van der Waals surface area contributed by atoms with Gasteiger partial charge >= 0.3 is 5.97 Å². The molecule has 2 aromatic carbocycles. The number of hydrogen-bond acceptors (Lipinski definition) is 3. The van der Waals surface area contributed by atoms with Gasteiger partial charge in [-0.05, 0) is 43.2 Å². The topological polar surface area (TPSA) is 55.8 Å². The molecule has 0 saturated carbocycles. The summed E-state index contributed by atoms with van der Waals surface area (Å²) in [7, 11) is 1.55. The highest BCUT2D eigenvalue weighted by Crippen LogP contribution is 2.35. The van der Waals surface area contributed by atoms with Crippen LogP contribution in [0, 0.1) is 13.8 Å². The number of aromatic carboxylic acids is 1. The molecule has 0 amide bonds. The standard InChI is InChI=1S/C16H16O4/c1-10-7-8-13(14(9-10)19-3)20-15-11(2)5-4-6-12(15)16(17)18/h4-9H,1-3H3,(H,17,18). The average Bonchev–Trinajstić information content (AvgIpc) is 2.42. The Labute approximate surface area is 117 Å². The quantitative estimate of drug-likeness (QED) is 0.919. The molecule has 0 atom stereocenters. The monoisotopic (exact) mass is 272 g/mol. The van der Waals surface area contributed by atoms with E-state index in [1.807, 2.05) is 32.0 Å². The van der Waals surface area contributed by atoms with Crippen LogP contribution in [0.2, 0.25) is 0 Å². The van der Waals surface area contributed by atoms with Crippen LogP contribution >= 0.6 is 0 Å². The van der Waals surface area contributed by atoms with Crippen molar-refractivity contribution in [2.45, 2.75) is 13.8 Å². The zero-order valence-electron chi connectivity index (χ0n) is 11.6. The average molecular weight is 272 g/mol. The van der Waals surface area contributed by atoms with Crippen LogP contribution in [0.5, 0.6) is 17.2 Å². The number of aryl methyl sites for hydroxylation is 2. The molecule has 0 heterocycles. The number of benzene rings is 2. The van der Waals surface area contributed by atoms with E-state index in [1.165, 1.54) is 6.07 Å². The molecule has 1 N–H and O–H groups in total. The lowest BCUT2D eigenvalue weighted by atomic mass is 10.1. The van der Waals surface area contributed by atoms with Crippen LogP contribution in [0.3, 0.4) is 0 Å².